The summed E-state index contributed by atoms with van der Waals surface area (Å²) >= 11 is 0. The van der Waals surface area contributed by atoms with Crippen molar-refractivity contribution in [3.8, 4) is 5.69 Å². The first kappa shape index (κ1) is 23.8. The summed E-state index contributed by atoms with van der Waals surface area (Å²) in [7, 11) is 0. The van der Waals surface area contributed by atoms with Crippen molar-refractivity contribution in [2.24, 2.45) is 5.10 Å². The van der Waals surface area contributed by atoms with Crippen LogP contribution in [0.3, 0.4) is 0 Å². The van der Waals surface area contributed by atoms with Crippen LogP contribution in [0, 0.1) is 13.8 Å². The number of carbonyl (C=O) groups is 2. The molecule has 1 aromatic heterocycles. The SMILES string of the molecule is CCOC(=O)c1cccc(-n2c(C)cc(/C=N\NC(=O)c3cccc(C(F)(F)F)c3)c2C)c1. The number of esters is 1. The van der Waals surface area contributed by atoms with E-state index in [1.807, 2.05) is 30.5 Å². The summed E-state index contributed by atoms with van der Waals surface area (Å²) in [6.45, 7) is 5.74. The number of alkyl halides is 3. The van der Waals surface area contributed by atoms with E-state index < -0.39 is 23.6 Å². The van der Waals surface area contributed by atoms with E-state index in [0.717, 1.165) is 29.2 Å². The number of rotatable bonds is 6. The van der Waals surface area contributed by atoms with Gasteiger partial charge in [0.2, 0.25) is 0 Å². The van der Waals surface area contributed by atoms with Crippen molar-refractivity contribution in [1.82, 2.24) is 9.99 Å². The Labute approximate surface area is 188 Å². The molecule has 2 aromatic carbocycles. The molecule has 3 aromatic rings. The van der Waals surface area contributed by atoms with Crippen molar-refractivity contribution in [3.05, 3.63) is 88.2 Å². The first-order valence-corrected chi connectivity index (χ1v) is 10.1. The standard InChI is InChI=1S/C24H22F3N3O3/c1-4-33-23(32)18-8-6-10-21(13-18)30-15(2)11-19(16(30)3)14-28-29-22(31)17-7-5-9-20(12-17)24(25,26)27/h5-14H,4H2,1-3H3,(H,29,31)/b28-14-. The zero-order valence-electron chi connectivity index (χ0n) is 18.2. The average Bonchev–Trinajstić information content (AvgIpc) is 3.06. The number of carbonyl (C=O) groups excluding carboxylic acids is 2. The molecule has 0 aliphatic carbocycles. The van der Waals surface area contributed by atoms with Gasteiger partial charge in [0, 0.05) is 28.2 Å². The predicted molar refractivity (Wildman–Crippen MR) is 118 cm³/mol. The molecule has 1 N–H and O–H groups in total. The number of amides is 1. The molecule has 0 atom stereocenters. The maximum absolute atomic E-state index is 12.8. The summed E-state index contributed by atoms with van der Waals surface area (Å²) in [5, 5.41) is 3.90. The second-order valence-electron chi connectivity index (χ2n) is 7.21. The van der Waals surface area contributed by atoms with E-state index in [2.05, 4.69) is 10.5 Å². The minimum Gasteiger partial charge on any atom is -0.462 e. The number of nitrogens with one attached hydrogen (secondary N) is 1. The highest BCUT2D eigenvalue weighted by Gasteiger charge is 2.30. The lowest BCUT2D eigenvalue weighted by molar-refractivity contribution is -0.137. The van der Waals surface area contributed by atoms with Gasteiger partial charge in [0.05, 0.1) is 23.9 Å². The fourth-order valence-electron chi connectivity index (χ4n) is 3.36. The molecule has 0 fully saturated rings. The Morgan fingerprint density at radius 2 is 1.76 bits per heavy atom. The second-order valence-corrected chi connectivity index (χ2v) is 7.21. The summed E-state index contributed by atoms with van der Waals surface area (Å²) in [4.78, 5) is 24.3. The highest BCUT2D eigenvalue weighted by molar-refractivity contribution is 5.95. The number of aromatic nitrogens is 1. The fraction of sp³-hybridized carbons (Fsp3) is 0.208. The van der Waals surface area contributed by atoms with Crippen LogP contribution < -0.4 is 5.43 Å². The van der Waals surface area contributed by atoms with Gasteiger partial charge in [-0.15, -0.1) is 0 Å². The highest BCUT2D eigenvalue weighted by Crippen LogP contribution is 2.29. The Balaban J connectivity index is 1.79. The number of hydrogen-bond donors (Lipinski definition) is 1. The predicted octanol–water partition coefficient (Wildman–Crippen LogP) is 5.05. The molecule has 33 heavy (non-hydrogen) atoms. The number of ether oxygens (including phenoxy) is 1. The minimum absolute atomic E-state index is 0.150. The normalized spacial score (nSPS) is 11.6. The number of nitrogens with zero attached hydrogens (tertiary/aromatic N) is 2. The van der Waals surface area contributed by atoms with E-state index in [9.17, 15) is 22.8 Å². The van der Waals surface area contributed by atoms with Crippen LogP contribution in [0.4, 0.5) is 13.2 Å². The molecule has 0 aliphatic heterocycles. The van der Waals surface area contributed by atoms with Crippen molar-refractivity contribution in [3.63, 3.8) is 0 Å². The van der Waals surface area contributed by atoms with Crippen LogP contribution in [0.5, 0.6) is 0 Å². The minimum atomic E-state index is -4.54. The summed E-state index contributed by atoms with van der Waals surface area (Å²) in [5.74, 6) is -1.17. The molecule has 0 spiro atoms. The molecule has 172 valence electrons. The van der Waals surface area contributed by atoms with Gasteiger partial charge >= 0.3 is 12.1 Å². The smallest absolute Gasteiger partial charge is 0.416 e. The van der Waals surface area contributed by atoms with E-state index in [1.165, 1.54) is 18.3 Å². The second kappa shape index (κ2) is 9.72. The van der Waals surface area contributed by atoms with Gasteiger partial charge in [0.15, 0.2) is 0 Å². The van der Waals surface area contributed by atoms with Gasteiger partial charge in [-0.25, -0.2) is 10.2 Å². The van der Waals surface area contributed by atoms with E-state index in [-0.39, 0.29) is 12.2 Å². The maximum atomic E-state index is 12.8. The largest absolute Gasteiger partial charge is 0.462 e. The van der Waals surface area contributed by atoms with Crippen molar-refractivity contribution < 1.29 is 27.5 Å². The molecule has 6 nitrogen and oxygen atoms in total. The summed E-state index contributed by atoms with van der Waals surface area (Å²) in [5.41, 5.74) is 4.72. The van der Waals surface area contributed by atoms with E-state index in [0.29, 0.717) is 11.1 Å². The topological polar surface area (TPSA) is 72.7 Å². The maximum Gasteiger partial charge on any atom is 0.416 e. The van der Waals surface area contributed by atoms with Gasteiger partial charge in [-0.1, -0.05) is 12.1 Å². The van der Waals surface area contributed by atoms with Crippen LogP contribution >= 0.6 is 0 Å². The van der Waals surface area contributed by atoms with Gasteiger partial charge < -0.3 is 9.30 Å². The number of aryl methyl sites for hydroxylation is 1. The third kappa shape index (κ3) is 5.49. The molecule has 9 heteroatoms. The van der Waals surface area contributed by atoms with Gasteiger partial charge in [0.25, 0.3) is 5.91 Å². The Kier molecular flexibility index (Phi) is 7.01. The molecular formula is C24H22F3N3O3. The van der Waals surface area contributed by atoms with Crippen LogP contribution in [-0.4, -0.2) is 29.3 Å². The van der Waals surface area contributed by atoms with E-state index in [1.54, 1.807) is 25.1 Å². The number of halogens is 3. The first-order chi connectivity index (χ1) is 15.6. The summed E-state index contributed by atoms with van der Waals surface area (Å²) < 4.78 is 45.5. The van der Waals surface area contributed by atoms with Crippen LogP contribution in [-0.2, 0) is 10.9 Å². The van der Waals surface area contributed by atoms with Crippen LogP contribution in [0.25, 0.3) is 5.69 Å². The van der Waals surface area contributed by atoms with Crippen molar-refractivity contribution in [2.45, 2.75) is 26.9 Å². The Bertz CT molecular complexity index is 1210. The number of hydrogen-bond acceptors (Lipinski definition) is 4. The first-order valence-electron chi connectivity index (χ1n) is 10.1. The quantitative estimate of drug-likeness (QED) is 0.320. The molecule has 0 saturated heterocycles. The lowest BCUT2D eigenvalue weighted by Gasteiger charge is -2.11. The van der Waals surface area contributed by atoms with E-state index >= 15 is 0 Å². The van der Waals surface area contributed by atoms with Crippen LogP contribution in [0.15, 0.2) is 59.7 Å². The Hall–Kier alpha value is -3.88. The van der Waals surface area contributed by atoms with Crippen molar-refractivity contribution in [2.75, 3.05) is 6.61 Å². The van der Waals surface area contributed by atoms with E-state index in [4.69, 9.17) is 4.74 Å². The van der Waals surface area contributed by atoms with Gasteiger partial charge in [-0.3, -0.25) is 4.79 Å². The molecule has 0 aliphatic rings. The summed E-state index contributed by atoms with van der Waals surface area (Å²) in [6, 6.07) is 12.9. The summed E-state index contributed by atoms with van der Waals surface area (Å²) in [6.07, 6.45) is -3.12. The monoisotopic (exact) mass is 457 g/mol. The molecule has 1 amide bonds. The van der Waals surface area contributed by atoms with Crippen LogP contribution in [0.1, 0.15) is 50.2 Å². The Morgan fingerprint density at radius 1 is 1.06 bits per heavy atom. The number of hydrazone groups is 1. The molecule has 0 radical (unpaired) electrons. The van der Waals surface area contributed by atoms with Gasteiger partial charge in [-0.2, -0.15) is 18.3 Å². The number of benzene rings is 2. The highest BCUT2D eigenvalue weighted by atomic mass is 19.4. The Morgan fingerprint density at radius 3 is 2.45 bits per heavy atom. The zero-order valence-corrected chi connectivity index (χ0v) is 18.2. The molecule has 3 rings (SSSR count). The molecule has 0 bridgehead atoms. The fourth-order valence-corrected chi connectivity index (χ4v) is 3.36. The molecular weight excluding hydrogens is 435 g/mol. The molecule has 1 heterocycles. The zero-order chi connectivity index (χ0) is 24.2. The lowest BCUT2D eigenvalue weighted by Crippen LogP contribution is -2.18. The third-order valence-electron chi connectivity index (χ3n) is 4.91. The average molecular weight is 457 g/mol. The van der Waals surface area contributed by atoms with Gasteiger partial charge in [-0.05, 0) is 63.2 Å². The van der Waals surface area contributed by atoms with Gasteiger partial charge in [0.1, 0.15) is 0 Å². The van der Waals surface area contributed by atoms with Crippen molar-refractivity contribution >= 4 is 18.1 Å². The molecule has 0 unspecified atom stereocenters. The molecule has 0 saturated carbocycles. The van der Waals surface area contributed by atoms with Crippen LogP contribution in [0.2, 0.25) is 0 Å². The lowest BCUT2D eigenvalue weighted by atomic mass is 10.1. The third-order valence-corrected chi connectivity index (χ3v) is 4.91. The van der Waals surface area contributed by atoms with Crippen molar-refractivity contribution in [1.29, 1.82) is 0 Å².